The van der Waals surface area contributed by atoms with Gasteiger partial charge in [0, 0.05) is 36.5 Å². The van der Waals surface area contributed by atoms with E-state index in [0.717, 1.165) is 17.3 Å². The largest absolute Gasteiger partial charge is 0.502 e. The van der Waals surface area contributed by atoms with Crippen molar-refractivity contribution in [1.82, 2.24) is 9.58 Å². The third-order valence-electron chi connectivity index (χ3n) is 7.92. The van der Waals surface area contributed by atoms with Crippen LogP contribution in [0.3, 0.4) is 0 Å². The molecule has 0 radical (unpaired) electrons. The van der Waals surface area contributed by atoms with Gasteiger partial charge in [0.05, 0.1) is 24.9 Å². The number of para-hydroxylation sites is 1. The Hall–Kier alpha value is -4.12. The van der Waals surface area contributed by atoms with Crippen LogP contribution in [0, 0.1) is 11.6 Å². The second-order valence-electron chi connectivity index (χ2n) is 9.97. The van der Waals surface area contributed by atoms with Gasteiger partial charge in [-0.05, 0) is 24.6 Å². The summed E-state index contributed by atoms with van der Waals surface area (Å²) in [4.78, 5) is 29.5. The van der Waals surface area contributed by atoms with Crippen molar-refractivity contribution in [3.05, 3.63) is 86.8 Å². The van der Waals surface area contributed by atoms with Crippen LogP contribution in [-0.2, 0) is 11.3 Å². The van der Waals surface area contributed by atoms with Gasteiger partial charge in [0.25, 0.3) is 5.91 Å². The second kappa shape index (κ2) is 8.19. The molecule has 2 aromatic carbocycles. The minimum atomic E-state index is -0.951. The Morgan fingerprint density at radius 3 is 2.71 bits per heavy atom. The van der Waals surface area contributed by atoms with Gasteiger partial charge in [-0.15, -0.1) is 0 Å². The summed E-state index contributed by atoms with van der Waals surface area (Å²) in [6, 6.07) is 8.56. The Morgan fingerprint density at radius 2 is 1.87 bits per heavy atom. The van der Waals surface area contributed by atoms with E-state index in [4.69, 9.17) is 9.47 Å². The van der Waals surface area contributed by atoms with Gasteiger partial charge in [-0.2, -0.15) is 0 Å². The van der Waals surface area contributed by atoms with Crippen molar-refractivity contribution in [2.75, 3.05) is 36.3 Å². The van der Waals surface area contributed by atoms with Crippen LogP contribution in [-0.4, -0.2) is 59.2 Å². The van der Waals surface area contributed by atoms with Gasteiger partial charge in [-0.1, -0.05) is 18.2 Å². The number of morpholine rings is 1. The van der Waals surface area contributed by atoms with Gasteiger partial charge < -0.3 is 24.4 Å². The minimum Gasteiger partial charge on any atom is -0.502 e. The number of aromatic hydroxyl groups is 1. The van der Waals surface area contributed by atoms with E-state index in [-0.39, 0.29) is 43.6 Å². The Morgan fingerprint density at radius 1 is 1.03 bits per heavy atom. The molecule has 1 N–H and O–H groups in total. The van der Waals surface area contributed by atoms with Crippen LogP contribution in [0.1, 0.15) is 40.1 Å². The molecule has 11 heteroatoms. The molecule has 0 bridgehead atoms. The van der Waals surface area contributed by atoms with Crippen molar-refractivity contribution in [2.45, 2.75) is 31.7 Å². The fraction of sp³-hybridized carbons (Fsp3) is 0.333. The fourth-order valence-electron chi connectivity index (χ4n) is 6.12. The molecule has 0 spiro atoms. The fourth-order valence-corrected chi connectivity index (χ4v) is 6.12. The third-order valence-corrected chi connectivity index (χ3v) is 7.92. The predicted molar refractivity (Wildman–Crippen MR) is 132 cm³/mol. The molecule has 0 aliphatic carbocycles. The first-order valence-corrected chi connectivity index (χ1v) is 12.5. The molecule has 1 fully saturated rings. The van der Waals surface area contributed by atoms with Crippen molar-refractivity contribution in [3.8, 4) is 11.5 Å². The molecule has 0 unspecified atom stereocenters. The van der Waals surface area contributed by atoms with Crippen molar-refractivity contribution in [2.24, 2.45) is 0 Å². The standard InChI is InChI=1S/C27H24F2N4O5/c1-14-12-38-20-4-2-3-16-23(15-5-6-18(28)22(29)17(15)11-31(14)24(16)20)33-21-13-37-10-9-30(21)27(36)25-26(35)19(34)7-8-32(25)33/h2-8,14,21,23,35H,9-13H2,1H3/t14-,21+,23-/m0/s1. The second-order valence-corrected chi connectivity index (χ2v) is 9.97. The monoisotopic (exact) mass is 522 g/mol. The number of fused-ring (bicyclic) bond motifs is 3. The summed E-state index contributed by atoms with van der Waals surface area (Å²) in [5.74, 6) is -2.44. The lowest BCUT2D eigenvalue weighted by Crippen LogP contribution is -2.66. The number of amides is 1. The van der Waals surface area contributed by atoms with E-state index < -0.39 is 40.9 Å². The average Bonchev–Trinajstić information content (AvgIpc) is 3.07. The van der Waals surface area contributed by atoms with Gasteiger partial charge in [-0.3, -0.25) is 19.3 Å². The zero-order chi connectivity index (χ0) is 26.3. The number of pyridine rings is 1. The maximum absolute atomic E-state index is 15.6. The summed E-state index contributed by atoms with van der Waals surface area (Å²) < 4.78 is 43.5. The molecule has 0 saturated carbocycles. The first kappa shape index (κ1) is 23.0. The topological polar surface area (TPSA) is 87.5 Å². The molecule has 196 valence electrons. The number of halogens is 2. The van der Waals surface area contributed by atoms with Crippen LogP contribution in [0.5, 0.6) is 11.5 Å². The molecule has 4 aliphatic rings. The average molecular weight is 523 g/mol. The maximum atomic E-state index is 15.6. The summed E-state index contributed by atoms with van der Waals surface area (Å²) >= 11 is 0. The third kappa shape index (κ3) is 3.05. The van der Waals surface area contributed by atoms with Crippen molar-refractivity contribution in [3.63, 3.8) is 0 Å². The Labute approximate surface area is 216 Å². The number of rotatable bonds is 1. The van der Waals surface area contributed by atoms with Crippen molar-refractivity contribution >= 4 is 11.6 Å². The molecular formula is C27H24F2N4O5. The SMILES string of the molecule is C[C@H]1COc2cccc3c2N1Cc1c(ccc(F)c1F)[C@@H]3N1[C@@H]2COCCN2C(=O)c2c(O)c(=O)ccn21. The molecule has 9 nitrogen and oxygen atoms in total. The molecule has 4 aliphatic heterocycles. The first-order valence-electron chi connectivity index (χ1n) is 12.5. The maximum Gasteiger partial charge on any atom is 0.278 e. The highest BCUT2D eigenvalue weighted by molar-refractivity contribution is 5.96. The minimum absolute atomic E-state index is 0.115. The number of carbonyl (C=O) groups excluding carboxylic acids is 1. The van der Waals surface area contributed by atoms with Gasteiger partial charge in [0.2, 0.25) is 5.43 Å². The van der Waals surface area contributed by atoms with Crippen LogP contribution in [0.2, 0.25) is 0 Å². The van der Waals surface area contributed by atoms with E-state index in [1.165, 1.54) is 16.9 Å². The van der Waals surface area contributed by atoms with E-state index in [1.54, 1.807) is 11.0 Å². The van der Waals surface area contributed by atoms with Gasteiger partial charge >= 0.3 is 0 Å². The van der Waals surface area contributed by atoms with Gasteiger partial charge in [0.15, 0.2) is 23.1 Å². The lowest BCUT2D eigenvalue weighted by atomic mass is 9.92. The Kier molecular flexibility index (Phi) is 4.96. The number of carbonyl (C=O) groups is 1. The van der Waals surface area contributed by atoms with Gasteiger partial charge in [0.1, 0.15) is 24.6 Å². The highest BCUT2D eigenvalue weighted by atomic mass is 19.2. The summed E-state index contributed by atoms with van der Waals surface area (Å²) in [5, 5.41) is 12.5. The van der Waals surface area contributed by atoms with E-state index in [9.17, 15) is 19.1 Å². The van der Waals surface area contributed by atoms with E-state index in [1.807, 2.05) is 35.0 Å². The van der Waals surface area contributed by atoms with Crippen LogP contribution in [0.15, 0.2) is 47.4 Å². The van der Waals surface area contributed by atoms with Crippen LogP contribution in [0.4, 0.5) is 14.5 Å². The quantitative estimate of drug-likeness (QED) is 0.526. The van der Waals surface area contributed by atoms with Crippen LogP contribution < -0.4 is 20.1 Å². The van der Waals surface area contributed by atoms with Gasteiger partial charge in [-0.25, -0.2) is 8.78 Å². The number of aromatic nitrogens is 1. The zero-order valence-corrected chi connectivity index (χ0v) is 20.4. The highest BCUT2D eigenvalue weighted by Crippen LogP contribution is 2.49. The summed E-state index contributed by atoms with van der Waals surface area (Å²) in [5.41, 5.74) is 1.33. The molecule has 1 amide bonds. The number of nitrogens with zero attached hydrogens (tertiary/aromatic N) is 4. The van der Waals surface area contributed by atoms with Crippen LogP contribution >= 0.6 is 0 Å². The number of hydrogen-bond donors (Lipinski definition) is 1. The number of benzene rings is 2. The molecule has 5 heterocycles. The van der Waals surface area contributed by atoms with Crippen LogP contribution in [0.25, 0.3) is 0 Å². The Balaban J connectivity index is 1.57. The van der Waals surface area contributed by atoms with Crippen molar-refractivity contribution in [1.29, 1.82) is 0 Å². The molecule has 3 aromatic rings. The predicted octanol–water partition coefficient (Wildman–Crippen LogP) is 2.47. The number of anilines is 1. The van der Waals surface area contributed by atoms with E-state index >= 15 is 4.39 Å². The first-order chi connectivity index (χ1) is 18.4. The highest BCUT2D eigenvalue weighted by Gasteiger charge is 2.47. The lowest BCUT2D eigenvalue weighted by Gasteiger charge is -2.51. The van der Waals surface area contributed by atoms with E-state index in [0.29, 0.717) is 17.9 Å². The number of hydrogen-bond acceptors (Lipinski definition) is 7. The normalized spacial score (nSPS) is 23.6. The summed E-state index contributed by atoms with van der Waals surface area (Å²) in [7, 11) is 0. The molecule has 7 rings (SSSR count). The smallest absolute Gasteiger partial charge is 0.278 e. The number of ether oxygens (including phenoxy) is 2. The zero-order valence-electron chi connectivity index (χ0n) is 20.4. The summed E-state index contributed by atoms with van der Waals surface area (Å²) in [6.07, 6.45) is 0.777. The lowest BCUT2D eigenvalue weighted by molar-refractivity contribution is -0.0197. The molecule has 38 heavy (non-hydrogen) atoms. The molecular weight excluding hydrogens is 498 g/mol. The molecule has 1 saturated heterocycles. The van der Waals surface area contributed by atoms with E-state index in [2.05, 4.69) is 0 Å². The Bertz CT molecular complexity index is 1560. The van der Waals surface area contributed by atoms with Crippen molar-refractivity contribution < 1.29 is 28.2 Å². The molecule has 1 aromatic heterocycles. The molecule has 3 atom stereocenters. The summed E-state index contributed by atoms with van der Waals surface area (Å²) in [6.45, 7) is 3.12.